The summed E-state index contributed by atoms with van der Waals surface area (Å²) in [5, 5.41) is 0. The molecule has 2 aromatic rings. The van der Waals surface area contributed by atoms with Crippen LogP contribution >= 0.6 is 15.9 Å². The lowest BCUT2D eigenvalue weighted by atomic mass is 9.88. The highest BCUT2D eigenvalue weighted by Gasteiger charge is 2.55. The van der Waals surface area contributed by atoms with Gasteiger partial charge in [0.1, 0.15) is 18.9 Å². The molecule has 2 aliphatic rings. The Kier molecular flexibility index (Phi) is 6.67. The Balaban J connectivity index is 1.68. The Morgan fingerprint density at radius 3 is 2.75 bits per heavy atom. The van der Waals surface area contributed by atoms with Crippen molar-refractivity contribution in [3.8, 4) is 5.75 Å². The van der Waals surface area contributed by atoms with Crippen LogP contribution in [0.3, 0.4) is 0 Å². The van der Waals surface area contributed by atoms with Gasteiger partial charge in [-0.1, -0.05) is 51.8 Å². The predicted molar refractivity (Wildman–Crippen MR) is 125 cm³/mol. The van der Waals surface area contributed by atoms with Gasteiger partial charge in [-0.15, -0.1) is 0 Å². The van der Waals surface area contributed by atoms with Gasteiger partial charge in [-0.3, -0.25) is 14.5 Å². The van der Waals surface area contributed by atoms with Gasteiger partial charge in [0, 0.05) is 16.5 Å². The SMILES string of the molecule is CCOC(=O)CN1C(=O)[C@@]2(CC(C)=CC[C@@H](COc3ccccc3)O2)c2c(Br)cccc21. The first-order valence-electron chi connectivity index (χ1n) is 10.7. The summed E-state index contributed by atoms with van der Waals surface area (Å²) in [7, 11) is 0. The van der Waals surface area contributed by atoms with Crippen molar-refractivity contribution in [2.24, 2.45) is 0 Å². The zero-order valence-corrected chi connectivity index (χ0v) is 19.8. The number of fused-ring (bicyclic) bond motifs is 2. The van der Waals surface area contributed by atoms with Gasteiger partial charge in [0.25, 0.3) is 5.91 Å². The second-order valence-electron chi connectivity index (χ2n) is 7.98. The van der Waals surface area contributed by atoms with Gasteiger partial charge in [-0.2, -0.15) is 0 Å². The maximum absolute atomic E-state index is 13.9. The zero-order valence-electron chi connectivity index (χ0n) is 18.2. The summed E-state index contributed by atoms with van der Waals surface area (Å²) >= 11 is 3.63. The largest absolute Gasteiger partial charge is 0.491 e. The first kappa shape index (κ1) is 22.6. The van der Waals surface area contributed by atoms with E-state index >= 15 is 0 Å². The first-order valence-corrected chi connectivity index (χ1v) is 11.5. The molecule has 0 bridgehead atoms. The molecule has 0 radical (unpaired) electrons. The molecule has 1 spiro atoms. The number of benzene rings is 2. The van der Waals surface area contributed by atoms with E-state index in [9.17, 15) is 9.59 Å². The fourth-order valence-corrected chi connectivity index (χ4v) is 4.99. The van der Waals surface area contributed by atoms with Crippen LogP contribution in [0.15, 0.2) is 64.7 Å². The summed E-state index contributed by atoms with van der Waals surface area (Å²) in [4.78, 5) is 27.6. The van der Waals surface area contributed by atoms with E-state index in [4.69, 9.17) is 14.2 Å². The fraction of sp³-hybridized carbons (Fsp3) is 0.360. The molecule has 2 atom stereocenters. The molecule has 7 heteroatoms. The summed E-state index contributed by atoms with van der Waals surface area (Å²) in [6.45, 7) is 4.16. The monoisotopic (exact) mass is 499 g/mol. The molecule has 0 unspecified atom stereocenters. The highest BCUT2D eigenvalue weighted by molar-refractivity contribution is 9.10. The minimum absolute atomic E-state index is 0.158. The summed E-state index contributed by atoms with van der Waals surface area (Å²) in [6, 6.07) is 15.1. The van der Waals surface area contributed by atoms with Crippen LogP contribution in [0.5, 0.6) is 5.75 Å². The number of nitrogens with zero attached hydrogens (tertiary/aromatic N) is 1. The molecule has 2 heterocycles. The van der Waals surface area contributed by atoms with Crippen LogP contribution < -0.4 is 9.64 Å². The molecule has 2 aliphatic heterocycles. The van der Waals surface area contributed by atoms with Crippen molar-refractivity contribution in [1.82, 2.24) is 0 Å². The molecule has 32 heavy (non-hydrogen) atoms. The van der Waals surface area contributed by atoms with Gasteiger partial charge in [0.05, 0.1) is 18.4 Å². The second kappa shape index (κ2) is 9.46. The molecule has 0 aliphatic carbocycles. The predicted octanol–water partition coefficient (Wildman–Crippen LogP) is 4.76. The lowest BCUT2D eigenvalue weighted by Crippen LogP contribution is -2.46. The summed E-state index contributed by atoms with van der Waals surface area (Å²) in [6.07, 6.45) is 2.80. The van der Waals surface area contributed by atoms with Crippen LogP contribution in [0.2, 0.25) is 0 Å². The van der Waals surface area contributed by atoms with E-state index < -0.39 is 11.6 Å². The Hall–Kier alpha value is -2.64. The van der Waals surface area contributed by atoms with Crippen LogP contribution in [0.25, 0.3) is 0 Å². The molecule has 0 N–H and O–H groups in total. The van der Waals surface area contributed by atoms with Gasteiger partial charge < -0.3 is 14.2 Å². The minimum Gasteiger partial charge on any atom is -0.491 e. The third-order valence-corrected chi connectivity index (χ3v) is 6.33. The Morgan fingerprint density at radius 2 is 2.00 bits per heavy atom. The Labute approximate surface area is 196 Å². The number of halogens is 1. The van der Waals surface area contributed by atoms with Gasteiger partial charge in [-0.25, -0.2) is 0 Å². The van der Waals surface area contributed by atoms with E-state index in [1.807, 2.05) is 55.5 Å². The number of amides is 1. The number of carbonyl (C=O) groups is 2. The van der Waals surface area contributed by atoms with E-state index in [1.165, 1.54) is 4.90 Å². The molecule has 0 saturated carbocycles. The Bertz CT molecular complexity index is 1040. The third kappa shape index (κ3) is 4.32. The van der Waals surface area contributed by atoms with E-state index in [2.05, 4.69) is 22.0 Å². The molecular formula is C25H26BrNO5. The molecule has 1 amide bonds. The smallest absolute Gasteiger partial charge is 0.326 e. The number of para-hydroxylation sites is 1. The molecule has 2 aromatic carbocycles. The van der Waals surface area contributed by atoms with Crippen LogP contribution in [0, 0.1) is 0 Å². The number of esters is 1. The Morgan fingerprint density at radius 1 is 1.22 bits per heavy atom. The molecule has 0 fully saturated rings. The maximum atomic E-state index is 13.9. The van der Waals surface area contributed by atoms with E-state index in [-0.39, 0.29) is 25.2 Å². The van der Waals surface area contributed by atoms with Gasteiger partial charge in [0.15, 0.2) is 5.60 Å². The van der Waals surface area contributed by atoms with E-state index in [0.717, 1.165) is 21.4 Å². The number of hydrogen-bond donors (Lipinski definition) is 0. The van der Waals surface area contributed by atoms with Crippen molar-refractivity contribution in [3.63, 3.8) is 0 Å². The van der Waals surface area contributed by atoms with Crippen molar-refractivity contribution in [2.75, 3.05) is 24.7 Å². The maximum Gasteiger partial charge on any atom is 0.326 e. The van der Waals surface area contributed by atoms with Crippen LogP contribution in [0.4, 0.5) is 5.69 Å². The minimum atomic E-state index is -1.23. The number of carbonyl (C=O) groups excluding carboxylic acids is 2. The number of anilines is 1. The summed E-state index contributed by atoms with van der Waals surface area (Å²) in [5.74, 6) is 0.0406. The highest BCUT2D eigenvalue weighted by Crippen LogP contribution is 2.51. The standard InChI is InChI=1S/C25H26BrNO5/c1-3-30-22(28)15-27-21-11-7-10-20(26)23(21)25(24(27)29)14-17(2)12-13-19(32-25)16-31-18-8-5-4-6-9-18/h4-12,19H,3,13-16H2,1-2H3/t19-,25+/m0/s1. The summed E-state index contributed by atoms with van der Waals surface area (Å²) < 4.78 is 18.4. The normalized spacial score (nSPS) is 22.3. The molecule has 6 nitrogen and oxygen atoms in total. The highest BCUT2D eigenvalue weighted by atomic mass is 79.9. The zero-order chi connectivity index (χ0) is 22.7. The van der Waals surface area contributed by atoms with Crippen molar-refractivity contribution < 1.29 is 23.8 Å². The van der Waals surface area contributed by atoms with Crippen molar-refractivity contribution in [3.05, 3.63) is 70.2 Å². The van der Waals surface area contributed by atoms with E-state index in [1.54, 1.807) is 6.92 Å². The second-order valence-corrected chi connectivity index (χ2v) is 8.84. The first-order chi connectivity index (χ1) is 15.4. The lowest BCUT2D eigenvalue weighted by Gasteiger charge is -2.32. The van der Waals surface area contributed by atoms with Crippen molar-refractivity contribution in [1.29, 1.82) is 0 Å². The van der Waals surface area contributed by atoms with Gasteiger partial charge >= 0.3 is 5.97 Å². The third-order valence-electron chi connectivity index (χ3n) is 5.67. The number of rotatable bonds is 6. The van der Waals surface area contributed by atoms with Gasteiger partial charge in [0.2, 0.25) is 0 Å². The lowest BCUT2D eigenvalue weighted by molar-refractivity contribution is -0.156. The van der Waals surface area contributed by atoms with Crippen LogP contribution in [-0.2, 0) is 24.7 Å². The van der Waals surface area contributed by atoms with Crippen molar-refractivity contribution in [2.45, 2.75) is 38.4 Å². The fourth-order valence-electron chi connectivity index (χ4n) is 4.32. The summed E-state index contributed by atoms with van der Waals surface area (Å²) in [5.41, 5.74) is 1.23. The average molecular weight is 500 g/mol. The molecule has 168 valence electrons. The molecule has 0 saturated heterocycles. The van der Waals surface area contributed by atoms with E-state index in [0.29, 0.717) is 25.1 Å². The average Bonchev–Trinajstić information content (AvgIpc) is 2.89. The number of ether oxygens (including phenoxy) is 3. The molecular weight excluding hydrogens is 474 g/mol. The topological polar surface area (TPSA) is 65.1 Å². The van der Waals surface area contributed by atoms with Crippen LogP contribution in [0.1, 0.15) is 32.3 Å². The van der Waals surface area contributed by atoms with Crippen molar-refractivity contribution >= 4 is 33.5 Å². The molecule has 4 rings (SSSR count). The van der Waals surface area contributed by atoms with Crippen LogP contribution in [-0.4, -0.2) is 37.7 Å². The molecule has 0 aromatic heterocycles. The van der Waals surface area contributed by atoms with Gasteiger partial charge in [-0.05, 0) is 44.5 Å². The quantitative estimate of drug-likeness (QED) is 0.423. The number of hydrogen-bond acceptors (Lipinski definition) is 5.